The van der Waals surface area contributed by atoms with Crippen LogP contribution in [0.2, 0.25) is 5.02 Å². The largest absolute Gasteiger partial charge is 0.478 e. The highest BCUT2D eigenvalue weighted by Crippen LogP contribution is 2.25. The number of hydrogen-bond acceptors (Lipinski definition) is 3. The fraction of sp³-hybridized carbons (Fsp3) is 0.400. The summed E-state index contributed by atoms with van der Waals surface area (Å²) >= 11 is 5.63. The molecule has 50 valence electrons. The van der Waals surface area contributed by atoms with Gasteiger partial charge in [0.05, 0.1) is 7.11 Å². The number of methoxy groups -OCH3 is 1. The first kappa shape index (κ1) is 6.42. The fourth-order valence-corrected chi connectivity index (χ4v) is 0.614. The van der Waals surface area contributed by atoms with Crippen LogP contribution in [0, 0.1) is 6.92 Å². The summed E-state index contributed by atoms with van der Waals surface area (Å²) in [4.78, 5) is 0. The van der Waals surface area contributed by atoms with E-state index in [0.29, 0.717) is 16.7 Å². The van der Waals surface area contributed by atoms with Crippen molar-refractivity contribution in [1.82, 2.24) is 5.16 Å². The minimum atomic E-state index is 0.342. The van der Waals surface area contributed by atoms with E-state index in [9.17, 15) is 0 Å². The number of rotatable bonds is 1. The van der Waals surface area contributed by atoms with Gasteiger partial charge in [0.1, 0.15) is 5.02 Å². The minimum Gasteiger partial charge on any atom is -0.478 e. The molecule has 0 unspecified atom stereocenters. The monoisotopic (exact) mass is 147 g/mol. The Morgan fingerprint density at radius 2 is 2.33 bits per heavy atom. The van der Waals surface area contributed by atoms with Gasteiger partial charge in [-0.3, -0.25) is 0 Å². The van der Waals surface area contributed by atoms with E-state index in [1.807, 2.05) is 0 Å². The number of ether oxygens (including phenoxy) is 1. The Balaban J connectivity index is 3.04. The maximum Gasteiger partial charge on any atom is 0.273 e. The smallest absolute Gasteiger partial charge is 0.273 e. The second kappa shape index (κ2) is 2.27. The molecule has 1 heterocycles. The summed E-state index contributed by atoms with van der Waals surface area (Å²) in [6.07, 6.45) is 0. The van der Waals surface area contributed by atoms with Crippen molar-refractivity contribution < 1.29 is 9.26 Å². The zero-order chi connectivity index (χ0) is 6.85. The van der Waals surface area contributed by atoms with Gasteiger partial charge in [-0.15, -0.1) is 0 Å². The van der Waals surface area contributed by atoms with E-state index in [1.165, 1.54) is 7.11 Å². The van der Waals surface area contributed by atoms with Crippen LogP contribution < -0.4 is 4.74 Å². The van der Waals surface area contributed by atoms with Crippen molar-refractivity contribution in [1.29, 1.82) is 0 Å². The van der Waals surface area contributed by atoms with Gasteiger partial charge >= 0.3 is 0 Å². The van der Waals surface area contributed by atoms with Crippen LogP contribution in [0.25, 0.3) is 0 Å². The van der Waals surface area contributed by atoms with Gasteiger partial charge in [0.2, 0.25) is 0 Å². The predicted octanol–water partition coefficient (Wildman–Crippen LogP) is 1.65. The second-order valence-electron chi connectivity index (χ2n) is 1.56. The van der Waals surface area contributed by atoms with E-state index in [0.717, 1.165) is 0 Å². The number of hydrogen-bond donors (Lipinski definition) is 0. The summed E-state index contributed by atoms with van der Waals surface area (Å²) < 4.78 is 9.41. The summed E-state index contributed by atoms with van der Waals surface area (Å²) in [5.74, 6) is 0.919. The number of aromatic nitrogens is 1. The van der Waals surface area contributed by atoms with Crippen molar-refractivity contribution in [2.45, 2.75) is 6.92 Å². The van der Waals surface area contributed by atoms with Crippen LogP contribution in [0.4, 0.5) is 0 Å². The number of nitrogens with zero attached hydrogens (tertiary/aromatic N) is 1. The molecule has 3 nitrogen and oxygen atoms in total. The lowest BCUT2D eigenvalue weighted by Gasteiger charge is -1.87. The van der Waals surface area contributed by atoms with E-state index in [1.54, 1.807) is 6.92 Å². The van der Waals surface area contributed by atoms with Gasteiger partial charge in [-0.05, 0) is 12.1 Å². The maximum absolute atomic E-state index is 5.63. The summed E-state index contributed by atoms with van der Waals surface area (Å²) in [5.41, 5.74) is 0. The number of halogens is 1. The minimum absolute atomic E-state index is 0.342. The molecule has 0 saturated carbocycles. The predicted molar refractivity (Wildman–Crippen MR) is 32.8 cm³/mol. The first-order chi connectivity index (χ1) is 4.25. The molecule has 0 aliphatic rings. The van der Waals surface area contributed by atoms with Gasteiger partial charge in [0.25, 0.3) is 5.88 Å². The highest BCUT2D eigenvalue weighted by Gasteiger charge is 2.08. The molecule has 0 aromatic carbocycles. The Hall–Kier alpha value is -0.700. The van der Waals surface area contributed by atoms with E-state index in [-0.39, 0.29) is 0 Å². The van der Waals surface area contributed by atoms with Crippen LogP contribution in [0.15, 0.2) is 4.52 Å². The van der Waals surface area contributed by atoms with Crippen LogP contribution >= 0.6 is 11.6 Å². The Labute approximate surface area is 57.5 Å². The molecule has 0 bridgehead atoms. The van der Waals surface area contributed by atoms with Crippen LogP contribution in [-0.4, -0.2) is 12.3 Å². The first-order valence-corrected chi connectivity index (χ1v) is 2.79. The lowest BCUT2D eigenvalue weighted by atomic mass is 10.5. The normalized spacial score (nSPS) is 9.67. The van der Waals surface area contributed by atoms with Crippen molar-refractivity contribution >= 4 is 11.6 Å². The molecule has 0 atom stereocenters. The lowest BCUT2D eigenvalue weighted by molar-refractivity contribution is 0.331. The van der Waals surface area contributed by atoms with Gasteiger partial charge in [0.15, 0.2) is 5.76 Å². The second-order valence-corrected chi connectivity index (χ2v) is 1.94. The summed E-state index contributed by atoms with van der Waals surface area (Å²) in [7, 11) is 1.49. The zero-order valence-electron chi connectivity index (χ0n) is 5.14. The van der Waals surface area contributed by atoms with E-state index in [2.05, 4.69) is 9.68 Å². The summed E-state index contributed by atoms with van der Waals surface area (Å²) in [6.45, 7) is 1.72. The van der Waals surface area contributed by atoms with E-state index in [4.69, 9.17) is 16.3 Å². The molecule has 1 aromatic rings. The van der Waals surface area contributed by atoms with Crippen molar-refractivity contribution in [3.63, 3.8) is 0 Å². The molecular weight excluding hydrogens is 142 g/mol. The Morgan fingerprint density at radius 3 is 2.56 bits per heavy atom. The van der Waals surface area contributed by atoms with Crippen LogP contribution in [0.1, 0.15) is 5.76 Å². The fourth-order valence-electron chi connectivity index (χ4n) is 0.468. The first-order valence-electron chi connectivity index (χ1n) is 2.41. The SMILES string of the molecule is COc1noc(C)c1Cl. The van der Waals surface area contributed by atoms with E-state index >= 15 is 0 Å². The lowest BCUT2D eigenvalue weighted by Crippen LogP contribution is -1.80. The quantitative estimate of drug-likeness (QED) is 0.606. The molecule has 0 N–H and O–H groups in total. The number of aryl methyl sites for hydroxylation is 1. The molecule has 0 radical (unpaired) electrons. The Bertz CT molecular complexity index is 209. The molecular formula is C5H6ClNO2. The average Bonchev–Trinajstić information content (AvgIpc) is 2.15. The van der Waals surface area contributed by atoms with Crippen LogP contribution in [0.3, 0.4) is 0 Å². The van der Waals surface area contributed by atoms with Crippen molar-refractivity contribution in [2.24, 2.45) is 0 Å². The molecule has 4 heteroatoms. The van der Waals surface area contributed by atoms with Crippen LogP contribution in [0.5, 0.6) is 5.88 Å². The third-order valence-corrected chi connectivity index (χ3v) is 1.38. The van der Waals surface area contributed by atoms with E-state index < -0.39 is 0 Å². The molecule has 0 amide bonds. The van der Waals surface area contributed by atoms with Gasteiger partial charge in [-0.2, -0.15) is 0 Å². The molecule has 1 aromatic heterocycles. The third-order valence-electron chi connectivity index (χ3n) is 0.956. The molecule has 9 heavy (non-hydrogen) atoms. The van der Waals surface area contributed by atoms with Gasteiger partial charge in [-0.25, -0.2) is 0 Å². The molecule has 0 aliphatic heterocycles. The third kappa shape index (κ3) is 1.00. The standard InChI is InChI=1S/C5H6ClNO2/c1-3-4(6)5(8-2)7-9-3/h1-2H3. The molecule has 0 spiro atoms. The average molecular weight is 148 g/mol. The highest BCUT2D eigenvalue weighted by atomic mass is 35.5. The Kier molecular flexibility index (Phi) is 1.62. The van der Waals surface area contributed by atoms with Gasteiger partial charge < -0.3 is 9.26 Å². The molecule has 1 rings (SSSR count). The zero-order valence-corrected chi connectivity index (χ0v) is 5.90. The summed E-state index contributed by atoms with van der Waals surface area (Å²) in [5, 5.41) is 3.95. The van der Waals surface area contributed by atoms with Crippen molar-refractivity contribution in [3.8, 4) is 5.88 Å². The van der Waals surface area contributed by atoms with Crippen LogP contribution in [-0.2, 0) is 0 Å². The molecule has 0 aliphatic carbocycles. The van der Waals surface area contributed by atoms with Gasteiger partial charge in [-0.1, -0.05) is 11.6 Å². The van der Waals surface area contributed by atoms with Crippen molar-refractivity contribution in [3.05, 3.63) is 10.8 Å². The van der Waals surface area contributed by atoms with Gasteiger partial charge in [0, 0.05) is 0 Å². The summed E-state index contributed by atoms with van der Waals surface area (Å²) in [6, 6.07) is 0. The molecule has 0 fully saturated rings. The maximum atomic E-state index is 5.63. The topological polar surface area (TPSA) is 35.3 Å². The highest BCUT2D eigenvalue weighted by molar-refractivity contribution is 6.32. The Morgan fingerprint density at radius 1 is 1.67 bits per heavy atom. The van der Waals surface area contributed by atoms with Crippen molar-refractivity contribution in [2.75, 3.05) is 7.11 Å². The molecule has 0 saturated heterocycles.